The van der Waals surface area contributed by atoms with Crippen LogP contribution in [0.5, 0.6) is 0 Å². The van der Waals surface area contributed by atoms with E-state index in [0.29, 0.717) is 13.2 Å². The lowest BCUT2D eigenvalue weighted by atomic mass is 10.0. The van der Waals surface area contributed by atoms with Gasteiger partial charge in [-0.05, 0) is 24.7 Å². The quantitative estimate of drug-likeness (QED) is 0.854. The molecular weight excluding hydrogens is 266 g/mol. The molecule has 6 heteroatoms. The maximum atomic E-state index is 13.4. The summed E-state index contributed by atoms with van der Waals surface area (Å²) in [7, 11) is 0. The number of halogens is 2. The van der Waals surface area contributed by atoms with Gasteiger partial charge in [-0.15, -0.1) is 0 Å². The summed E-state index contributed by atoms with van der Waals surface area (Å²) >= 11 is 0. The molecule has 0 aliphatic carbocycles. The van der Waals surface area contributed by atoms with E-state index in [-0.39, 0.29) is 30.0 Å². The Morgan fingerprint density at radius 2 is 2.20 bits per heavy atom. The molecule has 110 valence electrons. The summed E-state index contributed by atoms with van der Waals surface area (Å²) in [6.45, 7) is 3.50. The fourth-order valence-electron chi connectivity index (χ4n) is 2.27. The van der Waals surface area contributed by atoms with Gasteiger partial charge in [0.1, 0.15) is 11.6 Å². The molecule has 1 aromatic carbocycles. The monoisotopic (exact) mass is 284 g/mol. The van der Waals surface area contributed by atoms with Gasteiger partial charge in [-0.3, -0.25) is 4.79 Å². The highest BCUT2D eigenvalue weighted by molar-refractivity contribution is 5.79. The maximum absolute atomic E-state index is 13.4. The van der Waals surface area contributed by atoms with Gasteiger partial charge in [0.2, 0.25) is 5.91 Å². The topological polar surface area (TPSA) is 50.4 Å². The van der Waals surface area contributed by atoms with Crippen molar-refractivity contribution in [2.24, 2.45) is 5.92 Å². The van der Waals surface area contributed by atoms with E-state index in [0.717, 1.165) is 24.7 Å². The highest BCUT2D eigenvalue weighted by Gasteiger charge is 2.33. The number of hydrogen-bond donors (Lipinski definition) is 2. The number of hydrogen-bond acceptors (Lipinski definition) is 3. The number of rotatable bonds is 5. The molecule has 2 rings (SSSR count). The van der Waals surface area contributed by atoms with Crippen LogP contribution in [-0.2, 0) is 16.1 Å². The maximum Gasteiger partial charge on any atom is 0.227 e. The number of nitrogens with one attached hydrogen (secondary N) is 2. The largest absolute Gasteiger partial charge is 0.379 e. The predicted octanol–water partition coefficient (Wildman–Crippen LogP) is 1.21. The molecule has 0 aromatic heterocycles. The van der Waals surface area contributed by atoms with Crippen LogP contribution in [0, 0.1) is 17.6 Å². The van der Waals surface area contributed by atoms with Crippen molar-refractivity contribution in [3.05, 3.63) is 35.4 Å². The fraction of sp³-hybridized carbons (Fsp3) is 0.500. The van der Waals surface area contributed by atoms with Crippen molar-refractivity contribution in [3.63, 3.8) is 0 Å². The third-order valence-electron chi connectivity index (χ3n) is 3.34. The van der Waals surface area contributed by atoms with Gasteiger partial charge in [0, 0.05) is 18.2 Å². The third kappa shape index (κ3) is 3.52. The van der Waals surface area contributed by atoms with E-state index in [2.05, 4.69) is 10.6 Å². The van der Waals surface area contributed by atoms with Crippen LogP contribution in [-0.4, -0.2) is 31.7 Å². The van der Waals surface area contributed by atoms with Crippen molar-refractivity contribution >= 4 is 5.91 Å². The minimum absolute atomic E-state index is 0.0300. The number of amides is 1. The summed E-state index contributed by atoms with van der Waals surface area (Å²) in [6.07, 6.45) is 0. The Morgan fingerprint density at radius 1 is 1.40 bits per heavy atom. The van der Waals surface area contributed by atoms with E-state index < -0.39 is 11.6 Å². The van der Waals surface area contributed by atoms with E-state index in [9.17, 15) is 13.6 Å². The lowest BCUT2D eigenvalue weighted by molar-refractivity contribution is -0.125. The van der Waals surface area contributed by atoms with Gasteiger partial charge in [0.25, 0.3) is 0 Å². The number of likely N-dealkylation sites (N-methyl/N-ethyl adjacent to an activating group) is 1. The first kappa shape index (κ1) is 14.9. The third-order valence-corrected chi connectivity index (χ3v) is 3.34. The molecule has 0 saturated carbocycles. The highest BCUT2D eigenvalue weighted by atomic mass is 19.1. The highest BCUT2D eigenvalue weighted by Crippen LogP contribution is 2.15. The number of carbonyl (C=O) groups excluding carboxylic acids is 1. The zero-order valence-corrected chi connectivity index (χ0v) is 11.3. The zero-order chi connectivity index (χ0) is 14.5. The van der Waals surface area contributed by atoms with Gasteiger partial charge in [0.15, 0.2) is 0 Å². The molecule has 0 bridgehead atoms. The van der Waals surface area contributed by atoms with Crippen LogP contribution < -0.4 is 10.6 Å². The average molecular weight is 284 g/mol. The Balaban J connectivity index is 1.93. The van der Waals surface area contributed by atoms with E-state index in [4.69, 9.17) is 4.74 Å². The Labute approximate surface area is 116 Å². The van der Waals surface area contributed by atoms with Crippen LogP contribution in [0.1, 0.15) is 12.5 Å². The SMILES string of the molecule is CCNC1COCC1C(=O)NCc1cc(F)ccc1F. The molecule has 1 aliphatic rings. The van der Waals surface area contributed by atoms with Crippen LogP contribution in [0.25, 0.3) is 0 Å². The first-order valence-electron chi connectivity index (χ1n) is 6.64. The van der Waals surface area contributed by atoms with Crippen molar-refractivity contribution in [3.8, 4) is 0 Å². The lowest BCUT2D eigenvalue weighted by Gasteiger charge is -2.17. The molecule has 0 spiro atoms. The average Bonchev–Trinajstić information content (AvgIpc) is 2.88. The molecule has 2 atom stereocenters. The van der Waals surface area contributed by atoms with E-state index in [1.54, 1.807) is 0 Å². The number of ether oxygens (including phenoxy) is 1. The van der Waals surface area contributed by atoms with Crippen molar-refractivity contribution < 1.29 is 18.3 Å². The fourth-order valence-corrected chi connectivity index (χ4v) is 2.27. The van der Waals surface area contributed by atoms with Crippen LogP contribution in [0.15, 0.2) is 18.2 Å². The summed E-state index contributed by atoms with van der Waals surface area (Å²) in [5.41, 5.74) is 0.136. The summed E-state index contributed by atoms with van der Waals surface area (Å²) in [4.78, 5) is 12.1. The molecule has 1 amide bonds. The lowest BCUT2D eigenvalue weighted by Crippen LogP contribution is -2.43. The molecule has 1 aromatic rings. The molecule has 20 heavy (non-hydrogen) atoms. The second-order valence-electron chi connectivity index (χ2n) is 4.76. The molecule has 1 heterocycles. The smallest absolute Gasteiger partial charge is 0.227 e. The first-order chi connectivity index (χ1) is 9.61. The Kier molecular flexibility index (Phi) is 5.03. The summed E-state index contributed by atoms with van der Waals surface area (Å²) in [6, 6.07) is 3.16. The Morgan fingerprint density at radius 3 is 2.95 bits per heavy atom. The number of benzene rings is 1. The van der Waals surface area contributed by atoms with E-state index in [1.807, 2.05) is 6.92 Å². The molecule has 1 aliphatic heterocycles. The minimum Gasteiger partial charge on any atom is -0.379 e. The van der Waals surface area contributed by atoms with Crippen molar-refractivity contribution in [1.29, 1.82) is 0 Å². The second kappa shape index (κ2) is 6.76. The molecule has 2 unspecified atom stereocenters. The van der Waals surface area contributed by atoms with E-state index >= 15 is 0 Å². The molecule has 0 radical (unpaired) electrons. The molecule has 1 saturated heterocycles. The normalized spacial score (nSPS) is 21.9. The van der Waals surface area contributed by atoms with Gasteiger partial charge in [0.05, 0.1) is 19.1 Å². The summed E-state index contributed by atoms with van der Waals surface area (Å²) < 4.78 is 31.7. The van der Waals surface area contributed by atoms with Crippen LogP contribution in [0.3, 0.4) is 0 Å². The predicted molar refractivity (Wildman–Crippen MR) is 70.0 cm³/mol. The van der Waals surface area contributed by atoms with Crippen LogP contribution in [0.4, 0.5) is 8.78 Å². The first-order valence-corrected chi connectivity index (χ1v) is 6.64. The van der Waals surface area contributed by atoms with Crippen molar-refractivity contribution in [2.45, 2.75) is 19.5 Å². The second-order valence-corrected chi connectivity index (χ2v) is 4.76. The van der Waals surface area contributed by atoms with Gasteiger partial charge in [-0.1, -0.05) is 6.92 Å². The molecular formula is C14H18F2N2O2. The summed E-state index contributed by atoms with van der Waals surface area (Å²) in [5.74, 6) is -1.56. The van der Waals surface area contributed by atoms with Gasteiger partial charge < -0.3 is 15.4 Å². The molecule has 1 fully saturated rings. The van der Waals surface area contributed by atoms with Crippen molar-refractivity contribution in [1.82, 2.24) is 10.6 Å². The van der Waals surface area contributed by atoms with Gasteiger partial charge in [-0.25, -0.2) is 8.78 Å². The van der Waals surface area contributed by atoms with Crippen LogP contribution in [0.2, 0.25) is 0 Å². The van der Waals surface area contributed by atoms with Gasteiger partial charge >= 0.3 is 0 Å². The van der Waals surface area contributed by atoms with Crippen molar-refractivity contribution in [2.75, 3.05) is 19.8 Å². The zero-order valence-electron chi connectivity index (χ0n) is 11.3. The Bertz CT molecular complexity index is 482. The van der Waals surface area contributed by atoms with Gasteiger partial charge in [-0.2, -0.15) is 0 Å². The van der Waals surface area contributed by atoms with Crippen LogP contribution >= 0.6 is 0 Å². The number of carbonyl (C=O) groups is 1. The molecule has 4 nitrogen and oxygen atoms in total. The standard InChI is InChI=1S/C14H18F2N2O2/c1-2-17-13-8-20-7-11(13)14(19)18-6-9-5-10(15)3-4-12(9)16/h3-5,11,13,17H,2,6-8H2,1H3,(H,18,19). The minimum atomic E-state index is -0.530. The molecule has 2 N–H and O–H groups in total. The summed E-state index contributed by atoms with van der Waals surface area (Å²) in [5, 5.41) is 5.81. The van der Waals surface area contributed by atoms with E-state index in [1.165, 1.54) is 0 Å². The Hall–Kier alpha value is -1.53.